The van der Waals surface area contributed by atoms with Crippen molar-refractivity contribution in [2.24, 2.45) is 5.92 Å². The smallest absolute Gasteiger partial charge is 0.337 e. The van der Waals surface area contributed by atoms with Gasteiger partial charge in [-0.3, -0.25) is 14.9 Å². The van der Waals surface area contributed by atoms with Crippen LogP contribution in [0.25, 0.3) is 33.2 Å². The fourth-order valence-electron chi connectivity index (χ4n) is 4.24. The Labute approximate surface area is 176 Å². The maximum atomic E-state index is 12.1. The van der Waals surface area contributed by atoms with Crippen LogP contribution in [0.4, 0.5) is 11.5 Å². The Morgan fingerprint density at radius 1 is 1.10 bits per heavy atom. The molecule has 1 aliphatic heterocycles. The summed E-state index contributed by atoms with van der Waals surface area (Å²) in [7, 11) is 0. The van der Waals surface area contributed by atoms with Crippen LogP contribution in [-0.2, 0) is 4.79 Å². The first-order valence-corrected chi connectivity index (χ1v) is 9.92. The second-order valence-corrected chi connectivity index (χ2v) is 7.53. The largest absolute Gasteiger partial charge is 0.481 e. The Balaban J connectivity index is 1.65. The molecule has 3 heterocycles. The maximum absolute atomic E-state index is 12.1. The number of furan rings is 1. The van der Waals surface area contributed by atoms with Gasteiger partial charge in [0, 0.05) is 23.9 Å². The van der Waals surface area contributed by atoms with Crippen molar-refractivity contribution in [1.82, 2.24) is 9.97 Å². The fraction of sp³-hybridized carbons (Fsp3) is 0.227. The SMILES string of the molecule is O=C(O)C1CCN(c2ncnc(-c3cccc4c3oc3ccccc34)c2[N+](=O)[O-])CC1. The lowest BCUT2D eigenvalue weighted by Crippen LogP contribution is -2.37. The molecule has 5 rings (SSSR count). The number of nitro groups is 1. The van der Waals surface area contributed by atoms with Crippen molar-refractivity contribution >= 4 is 39.4 Å². The predicted molar refractivity (Wildman–Crippen MR) is 114 cm³/mol. The molecule has 1 N–H and O–H groups in total. The fourth-order valence-corrected chi connectivity index (χ4v) is 4.24. The summed E-state index contributed by atoms with van der Waals surface area (Å²) in [5.41, 5.74) is 1.72. The van der Waals surface area contributed by atoms with Gasteiger partial charge in [-0.25, -0.2) is 9.97 Å². The van der Waals surface area contributed by atoms with E-state index < -0.39 is 16.8 Å². The molecule has 0 aliphatic carbocycles. The van der Waals surface area contributed by atoms with Crippen molar-refractivity contribution in [3.63, 3.8) is 0 Å². The summed E-state index contributed by atoms with van der Waals surface area (Å²) in [6.45, 7) is 0.756. The van der Waals surface area contributed by atoms with Crippen LogP contribution in [0.5, 0.6) is 0 Å². The highest BCUT2D eigenvalue weighted by Crippen LogP contribution is 2.41. The van der Waals surface area contributed by atoms with E-state index in [2.05, 4.69) is 9.97 Å². The molecule has 9 nitrogen and oxygen atoms in total. The molecule has 0 bridgehead atoms. The number of rotatable bonds is 4. The van der Waals surface area contributed by atoms with Gasteiger partial charge in [-0.2, -0.15) is 0 Å². The highest BCUT2D eigenvalue weighted by Gasteiger charge is 2.32. The molecule has 4 aromatic rings. The van der Waals surface area contributed by atoms with Crippen LogP contribution in [-0.4, -0.2) is 39.1 Å². The summed E-state index contributed by atoms with van der Waals surface area (Å²) in [6.07, 6.45) is 2.12. The molecular formula is C22H18N4O5. The molecular weight excluding hydrogens is 400 g/mol. The van der Waals surface area contributed by atoms with E-state index in [-0.39, 0.29) is 17.2 Å². The Bertz CT molecular complexity index is 1320. The monoisotopic (exact) mass is 418 g/mol. The molecule has 156 valence electrons. The van der Waals surface area contributed by atoms with Crippen molar-refractivity contribution in [3.05, 3.63) is 58.9 Å². The summed E-state index contributed by atoms with van der Waals surface area (Å²) in [4.78, 5) is 33.1. The van der Waals surface area contributed by atoms with Gasteiger partial charge in [0.2, 0.25) is 5.82 Å². The van der Waals surface area contributed by atoms with Gasteiger partial charge < -0.3 is 14.4 Å². The third kappa shape index (κ3) is 3.14. The highest BCUT2D eigenvalue weighted by molar-refractivity contribution is 6.10. The van der Waals surface area contributed by atoms with Crippen molar-refractivity contribution in [2.45, 2.75) is 12.8 Å². The minimum atomic E-state index is -0.839. The number of fused-ring (bicyclic) bond motifs is 3. The first-order valence-electron chi connectivity index (χ1n) is 9.92. The number of piperidine rings is 1. The average molecular weight is 418 g/mol. The zero-order valence-electron chi connectivity index (χ0n) is 16.4. The standard InChI is InChI=1S/C22H18N4O5/c27-22(28)13-8-10-25(11-9-13)21-19(26(29)30)18(23-12-24-21)16-6-3-5-15-14-4-1-2-7-17(14)31-20(15)16/h1-7,12-13H,8-11H2,(H,27,28). The third-order valence-corrected chi connectivity index (χ3v) is 5.79. The number of carbonyl (C=O) groups is 1. The lowest BCUT2D eigenvalue weighted by Gasteiger charge is -2.30. The van der Waals surface area contributed by atoms with Crippen LogP contribution in [0.2, 0.25) is 0 Å². The van der Waals surface area contributed by atoms with Crippen LogP contribution < -0.4 is 4.90 Å². The first-order chi connectivity index (χ1) is 15.0. The van der Waals surface area contributed by atoms with E-state index >= 15 is 0 Å². The Morgan fingerprint density at radius 2 is 1.84 bits per heavy atom. The molecule has 0 unspecified atom stereocenters. The van der Waals surface area contributed by atoms with E-state index in [9.17, 15) is 20.0 Å². The van der Waals surface area contributed by atoms with E-state index in [0.29, 0.717) is 42.7 Å². The molecule has 9 heteroatoms. The predicted octanol–water partition coefficient (Wildman–Crippen LogP) is 4.25. The second kappa shape index (κ2) is 7.35. The first kappa shape index (κ1) is 19.0. The second-order valence-electron chi connectivity index (χ2n) is 7.53. The lowest BCUT2D eigenvalue weighted by molar-refractivity contribution is -0.383. The molecule has 2 aromatic heterocycles. The number of para-hydroxylation sites is 2. The van der Waals surface area contributed by atoms with E-state index in [1.165, 1.54) is 6.33 Å². The summed E-state index contributed by atoms with van der Waals surface area (Å²) < 4.78 is 6.04. The molecule has 0 spiro atoms. The summed E-state index contributed by atoms with van der Waals surface area (Å²) in [5.74, 6) is -1.08. The minimum absolute atomic E-state index is 0.181. The number of aromatic nitrogens is 2. The summed E-state index contributed by atoms with van der Waals surface area (Å²) >= 11 is 0. The third-order valence-electron chi connectivity index (χ3n) is 5.79. The van der Waals surface area contributed by atoms with Crippen molar-refractivity contribution in [2.75, 3.05) is 18.0 Å². The van der Waals surface area contributed by atoms with Crippen LogP contribution >= 0.6 is 0 Å². The molecule has 1 aliphatic rings. The number of carboxylic acids is 1. The number of hydrogen-bond donors (Lipinski definition) is 1. The van der Waals surface area contributed by atoms with Crippen LogP contribution in [0, 0.1) is 16.0 Å². The molecule has 1 saturated heterocycles. The van der Waals surface area contributed by atoms with Crippen molar-refractivity contribution in [1.29, 1.82) is 0 Å². The number of aliphatic carboxylic acids is 1. The van der Waals surface area contributed by atoms with Crippen molar-refractivity contribution < 1.29 is 19.2 Å². The Kier molecular flexibility index (Phi) is 4.50. The van der Waals surface area contributed by atoms with Gasteiger partial charge >= 0.3 is 11.7 Å². The molecule has 1 fully saturated rings. The molecule has 0 saturated carbocycles. The van der Waals surface area contributed by atoms with E-state index in [0.717, 1.165) is 10.8 Å². The van der Waals surface area contributed by atoms with Crippen LogP contribution in [0.3, 0.4) is 0 Å². The Morgan fingerprint density at radius 3 is 2.58 bits per heavy atom. The van der Waals surface area contributed by atoms with E-state index in [1.807, 2.05) is 36.4 Å². The normalized spacial score (nSPS) is 14.9. The highest BCUT2D eigenvalue weighted by atomic mass is 16.6. The number of hydrogen-bond acceptors (Lipinski definition) is 7. The quantitative estimate of drug-likeness (QED) is 0.385. The lowest BCUT2D eigenvalue weighted by atomic mass is 9.97. The topological polar surface area (TPSA) is 123 Å². The number of anilines is 1. The van der Waals surface area contributed by atoms with Crippen LogP contribution in [0.1, 0.15) is 12.8 Å². The van der Waals surface area contributed by atoms with E-state index in [4.69, 9.17) is 4.42 Å². The van der Waals surface area contributed by atoms with Crippen molar-refractivity contribution in [3.8, 4) is 11.3 Å². The Hall–Kier alpha value is -4.01. The molecule has 0 radical (unpaired) electrons. The molecule has 31 heavy (non-hydrogen) atoms. The zero-order valence-corrected chi connectivity index (χ0v) is 16.4. The molecule has 0 atom stereocenters. The van der Waals surface area contributed by atoms with E-state index in [1.54, 1.807) is 11.0 Å². The number of nitrogens with zero attached hydrogens (tertiary/aromatic N) is 4. The van der Waals surface area contributed by atoms with Gasteiger partial charge in [-0.1, -0.05) is 30.3 Å². The zero-order chi connectivity index (χ0) is 21.5. The van der Waals surface area contributed by atoms with Gasteiger partial charge in [-0.05, 0) is 25.0 Å². The van der Waals surface area contributed by atoms with Gasteiger partial charge in [0.1, 0.15) is 17.5 Å². The van der Waals surface area contributed by atoms with Gasteiger partial charge in [0.15, 0.2) is 5.69 Å². The van der Waals surface area contributed by atoms with Gasteiger partial charge in [0.05, 0.1) is 16.4 Å². The van der Waals surface area contributed by atoms with Crippen LogP contribution in [0.15, 0.2) is 53.2 Å². The maximum Gasteiger partial charge on any atom is 0.337 e. The molecule has 2 aromatic carbocycles. The number of benzene rings is 2. The number of carboxylic acid groups (broad SMARTS) is 1. The summed E-state index contributed by atoms with van der Waals surface area (Å²) in [5, 5.41) is 23.1. The average Bonchev–Trinajstić information content (AvgIpc) is 3.17. The molecule has 0 amide bonds. The van der Waals surface area contributed by atoms with Gasteiger partial charge in [-0.15, -0.1) is 0 Å². The summed E-state index contributed by atoms with van der Waals surface area (Å²) in [6, 6.07) is 13.1. The van der Waals surface area contributed by atoms with Gasteiger partial charge in [0.25, 0.3) is 0 Å². The minimum Gasteiger partial charge on any atom is -0.481 e.